The number of carbonyl (C=O) groups is 1. The second-order valence-corrected chi connectivity index (χ2v) is 5.38. The van der Waals surface area contributed by atoms with Crippen LogP contribution < -0.4 is 16.7 Å². The third-order valence-electron chi connectivity index (χ3n) is 3.64. The van der Waals surface area contributed by atoms with Crippen LogP contribution >= 0.6 is 0 Å². The van der Waals surface area contributed by atoms with Crippen molar-refractivity contribution in [3.63, 3.8) is 0 Å². The number of hydrogen-bond acceptors (Lipinski definition) is 6. The standard InChI is InChI=1S/C18H14N4O5/c23-14-9-5-4-8-12(14)16(25)21-19-10-13-15(24)20-18(27)22(17(13)26)11-6-2-1-3-7-11/h1-10,23,26H,(H,21,25)(H,20,24,27)/b19-10-. The van der Waals surface area contributed by atoms with Crippen molar-refractivity contribution in [1.29, 1.82) is 0 Å². The highest BCUT2D eigenvalue weighted by Crippen LogP contribution is 2.16. The van der Waals surface area contributed by atoms with Crippen LogP contribution in [0.15, 0.2) is 69.3 Å². The lowest BCUT2D eigenvalue weighted by molar-refractivity contribution is 0.0952. The number of hydrogen-bond donors (Lipinski definition) is 4. The number of para-hydroxylation sites is 2. The minimum absolute atomic E-state index is 0.0120. The van der Waals surface area contributed by atoms with E-state index in [1.807, 2.05) is 0 Å². The summed E-state index contributed by atoms with van der Waals surface area (Å²) in [7, 11) is 0. The number of nitrogens with one attached hydrogen (secondary N) is 2. The highest BCUT2D eigenvalue weighted by Gasteiger charge is 2.14. The average molecular weight is 366 g/mol. The first-order valence-corrected chi connectivity index (χ1v) is 7.74. The average Bonchev–Trinajstić information content (AvgIpc) is 2.65. The summed E-state index contributed by atoms with van der Waals surface area (Å²) in [5.74, 6) is -1.57. The summed E-state index contributed by atoms with van der Waals surface area (Å²) in [4.78, 5) is 38.0. The number of rotatable bonds is 4. The van der Waals surface area contributed by atoms with Gasteiger partial charge >= 0.3 is 5.69 Å². The van der Waals surface area contributed by atoms with Crippen molar-refractivity contribution in [2.45, 2.75) is 0 Å². The smallest absolute Gasteiger partial charge is 0.335 e. The Labute approximate surface area is 151 Å². The van der Waals surface area contributed by atoms with Crippen LogP contribution in [-0.2, 0) is 0 Å². The number of aromatic nitrogens is 2. The van der Waals surface area contributed by atoms with Crippen LogP contribution in [0.1, 0.15) is 15.9 Å². The van der Waals surface area contributed by atoms with E-state index in [1.165, 1.54) is 12.1 Å². The first kappa shape index (κ1) is 17.7. The minimum Gasteiger partial charge on any atom is -0.507 e. The summed E-state index contributed by atoms with van der Waals surface area (Å²) < 4.78 is 0.896. The molecule has 0 radical (unpaired) electrons. The lowest BCUT2D eigenvalue weighted by atomic mass is 10.2. The summed E-state index contributed by atoms with van der Waals surface area (Å²) >= 11 is 0. The van der Waals surface area contributed by atoms with Crippen LogP contribution in [0, 0.1) is 0 Å². The molecule has 27 heavy (non-hydrogen) atoms. The highest BCUT2D eigenvalue weighted by molar-refractivity contribution is 5.97. The van der Waals surface area contributed by atoms with E-state index in [4.69, 9.17) is 0 Å². The van der Waals surface area contributed by atoms with Crippen LogP contribution in [0.3, 0.4) is 0 Å². The summed E-state index contributed by atoms with van der Waals surface area (Å²) in [6.07, 6.45) is 0.908. The van der Waals surface area contributed by atoms with Crippen molar-refractivity contribution in [2.24, 2.45) is 5.10 Å². The summed E-state index contributed by atoms with van der Waals surface area (Å²) in [5.41, 5.74) is 0.447. The molecule has 0 saturated heterocycles. The Morgan fingerprint density at radius 3 is 2.41 bits per heavy atom. The molecule has 0 atom stereocenters. The molecule has 0 unspecified atom stereocenters. The molecule has 0 aliphatic carbocycles. The number of phenolic OH excluding ortho intramolecular Hbond substituents is 1. The first-order valence-electron chi connectivity index (χ1n) is 7.74. The van der Waals surface area contributed by atoms with Crippen molar-refractivity contribution in [3.8, 4) is 17.3 Å². The Bertz CT molecular complexity index is 1130. The molecule has 1 aromatic heterocycles. The predicted octanol–water partition coefficient (Wildman–Crippen LogP) is 0.701. The topological polar surface area (TPSA) is 137 Å². The van der Waals surface area contributed by atoms with E-state index in [-0.39, 0.29) is 16.9 Å². The van der Waals surface area contributed by atoms with Gasteiger partial charge in [0.15, 0.2) is 0 Å². The lowest BCUT2D eigenvalue weighted by Crippen LogP contribution is -2.31. The molecule has 0 bridgehead atoms. The van der Waals surface area contributed by atoms with Crippen LogP contribution in [0.4, 0.5) is 0 Å². The van der Waals surface area contributed by atoms with E-state index in [1.54, 1.807) is 42.5 Å². The number of hydrazone groups is 1. The van der Waals surface area contributed by atoms with E-state index in [9.17, 15) is 24.6 Å². The van der Waals surface area contributed by atoms with Gasteiger partial charge in [-0.3, -0.25) is 14.6 Å². The molecule has 9 heteroatoms. The number of nitrogens with zero attached hydrogens (tertiary/aromatic N) is 2. The molecule has 0 aliphatic rings. The zero-order chi connectivity index (χ0) is 19.4. The quantitative estimate of drug-likeness (QED) is 0.398. The molecular formula is C18H14N4O5. The monoisotopic (exact) mass is 366 g/mol. The van der Waals surface area contributed by atoms with Crippen LogP contribution in [0.2, 0.25) is 0 Å². The van der Waals surface area contributed by atoms with E-state index in [2.05, 4.69) is 15.5 Å². The second-order valence-electron chi connectivity index (χ2n) is 5.38. The number of carbonyl (C=O) groups excluding carboxylic acids is 1. The molecule has 1 amide bonds. The van der Waals surface area contributed by atoms with Crippen molar-refractivity contribution in [3.05, 3.63) is 86.6 Å². The number of aromatic amines is 1. The molecule has 0 spiro atoms. The Kier molecular flexibility index (Phi) is 4.84. The van der Waals surface area contributed by atoms with Crippen molar-refractivity contribution in [1.82, 2.24) is 15.0 Å². The predicted molar refractivity (Wildman–Crippen MR) is 97.5 cm³/mol. The molecule has 0 saturated carbocycles. The van der Waals surface area contributed by atoms with Gasteiger partial charge in [0, 0.05) is 0 Å². The van der Waals surface area contributed by atoms with Gasteiger partial charge < -0.3 is 10.2 Å². The zero-order valence-corrected chi connectivity index (χ0v) is 13.8. The number of H-pyrrole nitrogens is 1. The fraction of sp³-hybridized carbons (Fsp3) is 0. The van der Waals surface area contributed by atoms with Crippen molar-refractivity contribution in [2.75, 3.05) is 0 Å². The number of phenols is 1. The fourth-order valence-electron chi connectivity index (χ4n) is 2.35. The van der Waals surface area contributed by atoms with Gasteiger partial charge in [0.1, 0.15) is 11.3 Å². The lowest BCUT2D eigenvalue weighted by Gasteiger charge is -2.09. The van der Waals surface area contributed by atoms with Gasteiger partial charge in [-0.05, 0) is 24.3 Å². The number of benzene rings is 2. The molecule has 136 valence electrons. The molecule has 9 nitrogen and oxygen atoms in total. The largest absolute Gasteiger partial charge is 0.507 e. The molecule has 4 N–H and O–H groups in total. The van der Waals surface area contributed by atoms with Gasteiger partial charge in [0.2, 0.25) is 5.88 Å². The summed E-state index contributed by atoms with van der Waals surface area (Å²) in [5, 5.41) is 23.6. The zero-order valence-electron chi connectivity index (χ0n) is 13.8. The Hall–Kier alpha value is -4.14. The maximum Gasteiger partial charge on any atom is 0.335 e. The van der Waals surface area contributed by atoms with Crippen molar-refractivity contribution >= 4 is 12.1 Å². The molecule has 1 heterocycles. The van der Waals surface area contributed by atoms with Crippen LogP contribution in [0.25, 0.3) is 5.69 Å². The van der Waals surface area contributed by atoms with Gasteiger partial charge in [0.05, 0.1) is 17.5 Å². The fourth-order valence-corrected chi connectivity index (χ4v) is 2.35. The molecular weight excluding hydrogens is 352 g/mol. The highest BCUT2D eigenvalue weighted by atomic mass is 16.3. The molecule has 0 fully saturated rings. The van der Waals surface area contributed by atoms with Gasteiger partial charge in [0.25, 0.3) is 11.5 Å². The van der Waals surface area contributed by atoms with Crippen LogP contribution in [0.5, 0.6) is 11.6 Å². The first-order chi connectivity index (χ1) is 13.0. The summed E-state index contributed by atoms with van der Waals surface area (Å²) in [6, 6.07) is 14.0. The van der Waals surface area contributed by atoms with Crippen molar-refractivity contribution < 1.29 is 15.0 Å². The van der Waals surface area contributed by atoms with E-state index >= 15 is 0 Å². The SMILES string of the molecule is O=C(N/N=C\c1c(O)n(-c2ccccc2)c(=O)[nH]c1=O)c1ccccc1O. The van der Waals surface area contributed by atoms with Gasteiger partial charge in [-0.25, -0.2) is 14.8 Å². The number of aromatic hydroxyl groups is 2. The maximum atomic E-state index is 12.0. The second kappa shape index (κ2) is 7.40. The van der Waals surface area contributed by atoms with Gasteiger partial charge in [-0.2, -0.15) is 5.10 Å². The molecule has 0 aliphatic heterocycles. The molecule has 3 aromatic rings. The third kappa shape index (κ3) is 3.61. The maximum absolute atomic E-state index is 12.0. The Morgan fingerprint density at radius 1 is 1.04 bits per heavy atom. The Morgan fingerprint density at radius 2 is 1.70 bits per heavy atom. The summed E-state index contributed by atoms with van der Waals surface area (Å²) in [6.45, 7) is 0. The van der Waals surface area contributed by atoms with Gasteiger partial charge in [-0.15, -0.1) is 0 Å². The molecule has 3 rings (SSSR count). The third-order valence-corrected chi connectivity index (χ3v) is 3.64. The van der Waals surface area contributed by atoms with E-state index in [0.717, 1.165) is 10.8 Å². The Balaban J connectivity index is 1.92. The van der Waals surface area contributed by atoms with E-state index in [0.29, 0.717) is 5.69 Å². The van der Waals surface area contributed by atoms with Crippen LogP contribution in [-0.4, -0.2) is 31.9 Å². The minimum atomic E-state index is -0.870. The normalized spacial score (nSPS) is 10.8. The van der Waals surface area contributed by atoms with Gasteiger partial charge in [-0.1, -0.05) is 30.3 Å². The molecule has 2 aromatic carbocycles. The van der Waals surface area contributed by atoms with E-state index < -0.39 is 23.0 Å². The number of amides is 1.